The van der Waals surface area contributed by atoms with Gasteiger partial charge >= 0.3 is 5.97 Å². The van der Waals surface area contributed by atoms with Gasteiger partial charge in [-0.1, -0.05) is 36.4 Å². The van der Waals surface area contributed by atoms with Crippen molar-refractivity contribution < 1.29 is 23.8 Å². The highest BCUT2D eigenvalue weighted by molar-refractivity contribution is 5.98. The van der Waals surface area contributed by atoms with Crippen LogP contribution in [0.5, 0.6) is 11.5 Å². The van der Waals surface area contributed by atoms with E-state index < -0.39 is 17.7 Å². The van der Waals surface area contributed by atoms with Crippen LogP contribution in [-0.2, 0) is 25.6 Å². The number of ether oxygens (including phenoxy) is 3. The molecule has 1 heterocycles. The molecule has 0 unspecified atom stereocenters. The quantitative estimate of drug-likeness (QED) is 0.659. The van der Waals surface area contributed by atoms with E-state index in [1.807, 2.05) is 54.6 Å². The Hall–Kier alpha value is -3.28. The number of benzene rings is 2. The zero-order valence-electron chi connectivity index (χ0n) is 14.5. The van der Waals surface area contributed by atoms with Gasteiger partial charge in [0.05, 0.1) is 6.08 Å². The number of rotatable bonds is 5. The molecule has 0 atom stereocenters. The van der Waals surface area contributed by atoms with E-state index in [2.05, 4.69) is 5.32 Å². The molecule has 2 aromatic rings. The van der Waals surface area contributed by atoms with Crippen molar-refractivity contribution >= 4 is 11.9 Å². The summed E-state index contributed by atoms with van der Waals surface area (Å²) in [6, 6.07) is 16.8. The molecular formula is C20H19NO5. The highest BCUT2D eigenvalue weighted by atomic mass is 16.8. The van der Waals surface area contributed by atoms with Gasteiger partial charge in [0, 0.05) is 26.0 Å². The molecule has 1 aliphatic heterocycles. The maximum Gasteiger partial charge on any atom is 0.377 e. The number of carbonyl (C=O) groups excluding carboxylic acids is 2. The summed E-state index contributed by atoms with van der Waals surface area (Å²) in [6.45, 7) is 3.44. The van der Waals surface area contributed by atoms with Crippen molar-refractivity contribution in [3.05, 3.63) is 72.0 Å². The van der Waals surface area contributed by atoms with Crippen molar-refractivity contribution in [3.8, 4) is 11.5 Å². The summed E-state index contributed by atoms with van der Waals surface area (Å²) in [5.41, 5.74) is 0.804. The van der Waals surface area contributed by atoms with Crippen molar-refractivity contribution in [2.24, 2.45) is 0 Å². The zero-order chi connectivity index (χ0) is 18.6. The van der Waals surface area contributed by atoms with Gasteiger partial charge < -0.3 is 19.5 Å². The lowest BCUT2D eigenvalue weighted by Crippen LogP contribution is -2.22. The largest absolute Gasteiger partial charge is 0.457 e. The number of cyclic esters (lactones) is 1. The number of amides is 1. The van der Waals surface area contributed by atoms with Crippen LogP contribution in [0.3, 0.4) is 0 Å². The van der Waals surface area contributed by atoms with Gasteiger partial charge in [-0.05, 0) is 18.2 Å². The Morgan fingerprint density at radius 3 is 2.46 bits per heavy atom. The second kappa shape index (κ2) is 7.31. The Balaban J connectivity index is 1.65. The Morgan fingerprint density at radius 1 is 1.08 bits per heavy atom. The van der Waals surface area contributed by atoms with Crippen molar-refractivity contribution in [1.82, 2.24) is 5.32 Å². The Morgan fingerprint density at radius 2 is 1.77 bits per heavy atom. The third-order valence-electron chi connectivity index (χ3n) is 3.55. The van der Waals surface area contributed by atoms with Crippen LogP contribution in [0.15, 0.2) is 66.4 Å². The van der Waals surface area contributed by atoms with Crippen LogP contribution < -0.4 is 10.1 Å². The van der Waals surface area contributed by atoms with Gasteiger partial charge in [0.1, 0.15) is 11.5 Å². The second-order valence-electron chi connectivity index (χ2n) is 6.14. The molecular weight excluding hydrogens is 334 g/mol. The third-order valence-corrected chi connectivity index (χ3v) is 3.55. The van der Waals surface area contributed by atoms with Crippen LogP contribution in [0, 0.1) is 0 Å². The maximum absolute atomic E-state index is 12.1. The first kappa shape index (κ1) is 17.5. The minimum atomic E-state index is -1.06. The van der Waals surface area contributed by atoms with Crippen molar-refractivity contribution in [2.75, 3.05) is 0 Å². The van der Waals surface area contributed by atoms with E-state index in [0.717, 1.165) is 11.6 Å². The fraction of sp³-hybridized carbons (Fsp3) is 0.200. The Kier molecular flexibility index (Phi) is 4.93. The molecule has 1 saturated heterocycles. The lowest BCUT2D eigenvalue weighted by atomic mass is 10.2. The van der Waals surface area contributed by atoms with E-state index in [0.29, 0.717) is 11.5 Å². The van der Waals surface area contributed by atoms with Crippen molar-refractivity contribution in [1.29, 1.82) is 0 Å². The Bertz CT molecular complexity index is 842. The van der Waals surface area contributed by atoms with Crippen molar-refractivity contribution in [2.45, 2.75) is 26.2 Å². The molecule has 0 aromatic heterocycles. The zero-order valence-corrected chi connectivity index (χ0v) is 14.5. The number of carbonyl (C=O) groups is 2. The molecule has 1 aliphatic rings. The smallest absolute Gasteiger partial charge is 0.377 e. The minimum absolute atomic E-state index is 0.110. The van der Waals surface area contributed by atoms with E-state index in [9.17, 15) is 9.59 Å². The first-order valence-corrected chi connectivity index (χ1v) is 8.16. The number of hydrogen-bond donors (Lipinski definition) is 1. The second-order valence-corrected chi connectivity index (χ2v) is 6.14. The van der Waals surface area contributed by atoms with Crippen LogP contribution in [0.25, 0.3) is 0 Å². The molecule has 6 heteroatoms. The molecule has 26 heavy (non-hydrogen) atoms. The first-order chi connectivity index (χ1) is 12.4. The molecule has 0 spiro atoms. The highest BCUT2D eigenvalue weighted by Crippen LogP contribution is 2.26. The molecule has 2 aromatic carbocycles. The summed E-state index contributed by atoms with van der Waals surface area (Å²) >= 11 is 0. The lowest BCUT2D eigenvalue weighted by Gasteiger charge is -2.14. The first-order valence-electron chi connectivity index (χ1n) is 8.16. The summed E-state index contributed by atoms with van der Waals surface area (Å²) in [7, 11) is 0. The number of nitrogens with one attached hydrogen (secondary N) is 1. The molecule has 0 aliphatic carbocycles. The average Bonchev–Trinajstić information content (AvgIpc) is 2.86. The fourth-order valence-corrected chi connectivity index (χ4v) is 2.41. The molecule has 1 amide bonds. The summed E-state index contributed by atoms with van der Waals surface area (Å²) in [6.07, 6.45) is 1.09. The van der Waals surface area contributed by atoms with Crippen LogP contribution in [0.4, 0.5) is 0 Å². The number of hydrogen-bond acceptors (Lipinski definition) is 5. The van der Waals surface area contributed by atoms with Crippen molar-refractivity contribution in [3.63, 3.8) is 0 Å². The van der Waals surface area contributed by atoms with E-state index in [1.165, 1.54) is 0 Å². The Labute approximate surface area is 151 Å². The predicted molar refractivity (Wildman–Crippen MR) is 94.1 cm³/mol. The highest BCUT2D eigenvalue weighted by Gasteiger charge is 2.37. The van der Waals surface area contributed by atoms with Gasteiger partial charge in [-0.2, -0.15) is 0 Å². The SMILES string of the molecule is CC1(C)OC(=O)C(=CC(=O)NCc2ccccc2Oc2ccccc2)O1. The summed E-state index contributed by atoms with van der Waals surface area (Å²) < 4.78 is 16.1. The molecule has 0 radical (unpaired) electrons. The molecule has 1 fully saturated rings. The molecule has 0 bridgehead atoms. The molecule has 1 N–H and O–H groups in total. The number of para-hydroxylation sites is 2. The summed E-state index contributed by atoms with van der Waals surface area (Å²) in [5, 5.41) is 2.72. The van der Waals surface area contributed by atoms with Gasteiger partial charge in [0.15, 0.2) is 0 Å². The van der Waals surface area contributed by atoms with Gasteiger partial charge in [-0.3, -0.25) is 4.79 Å². The van der Waals surface area contributed by atoms with Crippen LogP contribution >= 0.6 is 0 Å². The number of esters is 1. The topological polar surface area (TPSA) is 73.9 Å². The monoisotopic (exact) mass is 353 g/mol. The molecule has 3 rings (SSSR count). The minimum Gasteiger partial charge on any atom is -0.457 e. The van der Waals surface area contributed by atoms with E-state index in [4.69, 9.17) is 14.2 Å². The molecule has 6 nitrogen and oxygen atoms in total. The van der Waals surface area contributed by atoms with Gasteiger partial charge in [0.2, 0.25) is 17.5 Å². The van der Waals surface area contributed by atoms with E-state index in [1.54, 1.807) is 13.8 Å². The maximum atomic E-state index is 12.1. The van der Waals surface area contributed by atoms with Gasteiger partial charge in [-0.25, -0.2) is 4.79 Å². The van der Waals surface area contributed by atoms with Crippen LogP contribution in [0.2, 0.25) is 0 Å². The van der Waals surface area contributed by atoms with Gasteiger partial charge in [0.25, 0.3) is 0 Å². The average molecular weight is 353 g/mol. The third kappa shape index (κ3) is 4.42. The fourth-order valence-electron chi connectivity index (χ4n) is 2.41. The summed E-state index contributed by atoms with van der Waals surface area (Å²) in [4.78, 5) is 23.7. The van der Waals surface area contributed by atoms with E-state index in [-0.39, 0.29) is 12.3 Å². The normalized spacial score (nSPS) is 16.7. The van der Waals surface area contributed by atoms with Crippen LogP contribution in [0.1, 0.15) is 19.4 Å². The summed E-state index contributed by atoms with van der Waals surface area (Å²) in [5.74, 6) is -0.926. The molecule has 134 valence electrons. The molecule has 0 saturated carbocycles. The van der Waals surface area contributed by atoms with E-state index >= 15 is 0 Å². The van der Waals surface area contributed by atoms with Crippen LogP contribution in [-0.4, -0.2) is 17.7 Å². The standard InChI is InChI=1S/C20H19NO5/c1-20(2)25-17(19(23)26-20)12-18(22)21-13-14-8-6-7-11-16(14)24-15-9-4-3-5-10-15/h3-12H,13H2,1-2H3,(H,21,22). The predicted octanol–water partition coefficient (Wildman–Crippen LogP) is 3.29. The lowest BCUT2D eigenvalue weighted by molar-refractivity contribution is -0.159. The van der Waals surface area contributed by atoms with Gasteiger partial charge in [-0.15, -0.1) is 0 Å².